The van der Waals surface area contributed by atoms with Crippen LogP contribution in [0.5, 0.6) is 0 Å². The van der Waals surface area contributed by atoms with Gasteiger partial charge in [-0.15, -0.1) is 0 Å². The largest absolute Gasteiger partial charge is 0.298 e. The molecule has 1 heterocycles. The van der Waals surface area contributed by atoms with E-state index < -0.39 is 0 Å². The maximum absolute atomic E-state index is 2.69. The standard InChI is InChI=1S/C12H24N2/c1-10(2)13-6-8-14(9-7-13)11(3)12-4-5-12/h10-12H,4-9H2,1-3H3. The van der Waals surface area contributed by atoms with Crippen molar-refractivity contribution in [1.82, 2.24) is 9.80 Å². The first-order chi connectivity index (χ1) is 6.68. The Kier molecular flexibility index (Phi) is 3.13. The molecule has 82 valence electrons. The van der Waals surface area contributed by atoms with Gasteiger partial charge in [0.25, 0.3) is 0 Å². The summed E-state index contributed by atoms with van der Waals surface area (Å²) in [5.41, 5.74) is 0. The van der Waals surface area contributed by atoms with Crippen molar-refractivity contribution < 1.29 is 0 Å². The fourth-order valence-corrected chi connectivity index (χ4v) is 2.54. The first-order valence-corrected chi connectivity index (χ1v) is 6.16. The Morgan fingerprint density at radius 3 is 1.79 bits per heavy atom. The number of hydrogen-bond donors (Lipinski definition) is 0. The Morgan fingerprint density at radius 1 is 0.857 bits per heavy atom. The molecule has 1 saturated heterocycles. The first kappa shape index (κ1) is 10.4. The van der Waals surface area contributed by atoms with Gasteiger partial charge in [0.2, 0.25) is 0 Å². The summed E-state index contributed by atoms with van der Waals surface area (Å²) >= 11 is 0. The average molecular weight is 196 g/mol. The molecular weight excluding hydrogens is 172 g/mol. The van der Waals surface area contributed by atoms with Gasteiger partial charge in [-0.05, 0) is 39.5 Å². The molecule has 0 aromatic heterocycles. The Balaban J connectivity index is 1.77. The summed E-state index contributed by atoms with van der Waals surface area (Å²) in [6.45, 7) is 12.2. The lowest BCUT2D eigenvalue weighted by Gasteiger charge is -2.39. The predicted molar refractivity (Wildman–Crippen MR) is 60.5 cm³/mol. The molecule has 0 amide bonds. The molecule has 0 spiro atoms. The molecule has 0 aromatic rings. The molecule has 1 unspecified atom stereocenters. The van der Waals surface area contributed by atoms with E-state index in [1.165, 1.54) is 39.0 Å². The van der Waals surface area contributed by atoms with E-state index in [0.717, 1.165) is 18.0 Å². The first-order valence-electron chi connectivity index (χ1n) is 6.16. The normalized spacial score (nSPS) is 28.3. The quantitative estimate of drug-likeness (QED) is 0.679. The average Bonchev–Trinajstić information content (AvgIpc) is 3.00. The molecule has 14 heavy (non-hydrogen) atoms. The molecular formula is C12H24N2. The second kappa shape index (κ2) is 4.19. The maximum atomic E-state index is 2.69. The summed E-state index contributed by atoms with van der Waals surface area (Å²) in [6, 6.07) is 1.58. The van der Waals surface area contributed by atoms with Gasteiger partial charge in [-0.3, -0.25) is 9.80 Å². The van der Waals surface area contributed by atoms with Crippen LogP contribution in [0, 0.1) is 5.92 Å². The summed E-state index contributed by atoms with van der Waals surface area (Å²) in [5.74, 6) is 1.03. The fraction of sp³-hybridized carbons (Fsp3) is 1.00. The van der Waals surface area contributed by atoms with Gasteiger partial charge in [0.1, 0.15) is 0 Å². The highest BCUT2D eigenvalue weighted by Gasteiger charge is 2.33. The molecule has 0 radical (unpaired) electrons. The van der Waals surface area contributed by atoms with E-state index in [1.54, 1.807) is 0 Å². The lowest BCUT2D eigenvalue weighted by molar-refractivity contribution is 0.0766. The lowest BCUT2D eigenvalue weighted by Crippen LogP contribution is -2.51. The molecule has 1 atom stereocenters. The van der Waals surface area contributed by atoms with Crippen molar-refractivity contribution in [2.24, 2.45) is 5.92 Å². The highest BCUT2D eigenvalue weighted by molar-refractivity contribution is 4.87. The lowest BCUT2D eigenvalue weighted by atomic mass is 10.1. The van der Waals surface area contributed by atoms with Gasteiger partial charge < -0.3 is 0 Å². The third-order valence-corrected chi connectivity index (χ3v) is 3.96. The topological polar surface area (TPSA) is 6.48 Å². The maximum Gasteiger partial charge on any atom is 0.0113 e. The number of rotatable bonds is 3. The number of nitrogens with zero attached hydrogens (tertiary/aromatic N) is 2. The molecule has 2 fully saturated rings. The third kappa shape index (κ3) is 2.29. The summed E-state index contributed by atoms with van der Waals surface area (Å²) in [5, 5.41) is 0. The smallest absolute Gasteiger partial charge is 0.0113 e. The van der Waals surface area contributed by atoms with Crippen LogP contribution in [0.2, 0.25) is 0 Å². The Labute approximate surface area is 88.3 Å². The van der Waals surface area contributed by atoms with Gasteiger partial charge in [-0.2, -0.15) is 0 Å². The molecule has 2 heteroatoms. The van der Waals surface area contributed by atoms with Crippen LogP contribution in [0.4, 0.5) is 0 Å². The van der Waals surface area contributed by atoms with E-state index in [2.05, 4.69) is 30.6 Å². The second-order valence-corrected chi connectivity index (χ2v) is 5.24. The summed E-state index contributed by atoms with van der Waals surface area (Å²) in [4.78, 5) is 5.28. The molecule has 0 aromatic carbocycles. The number of piperazine rings is 1. The molecule has 1 aliphatic carbocycles. The molecule has 0 bridgehead atoms. The zero-order valence-electron chi connectivity index (χ0n) is 9.87. The van der Waals surface area contributed by atoms with Crippen LogP contribution in [0.25, 0.3) is 0 Å². The van der Waals surface area contributed by atoms with Gasteiger partial charge in [0.05, 0.1) is 0 Å². The van der Waals surface area contributed by atoms with Crippen LogP contribution in [0.3, 0.4) is 0 Å². The molecule has 0 N–H and O–H groups in total. The van der Waals surface area contributed by atoms with E-state index in [4.69, 9.17) is 0 Å². The van der Waals surface area contributed by atoms with Crippen LogP contribution < -0.4 is 0 Å². The molecule has 2 aliphatic rings. The minimum Gasteiger partial charge on any atom is -0.298 e. The van der Waals surface area contributed by atoms with E-state index >= 15 is 0 Å². The van der Waals surface area contributed by atoms with Crippen molar-refractivity contribution in [2.75, 3.05) is 26.2 Å². The zero-order valence-corrected chi connectivity index (χ0v) is 9.87. The monoisotopic (exact) mass is 196 g/mol. The SMILES string of the molecule is CC(C)N1CCN(C(C)C2CC2)CC1. The summed E-state index contributed by atoms with van der Waals surface area (Å²) < 4.78 is 0. The van der Waals surface area contributed by atoms with E-state index in [9.17, 15) is 0 Å². The van der Waals surface area contributed by atoms with Crippen molar-refractivity contribution in [2.45, 2.75) is 45.7 Å². The van der Waals surface area contributed by atoms with Gasteiger partial charge in [0.15, 0.2) is 0 Å². The Bertz CT molecular complexity index is 179. The Morgan fingerprint density at radius 2 is 1.36 bits per heavy atom. The van der Waals surface area contributed by atoms with Crippen molar-refractivity contribution in [3.8, 4) is 0 Å². The van der Waals surface area contributed by atoms with Crippen LogP contribution >= 0.6 is 0 Å². The van der Waals surface area contributed by atoms with E-state index in [-0.39, 0.29) is 0 Å². The minimum absolute atomic E-state index is 0.730. The van der Waals surface area contributed by atoms with Crippen molar-refractivity contribution in [3.05, 3.63) is 0 Å². The van der Waals surface area contributed by atoms with E-state index in [0.29, 0.717) is 0 Å². The predicted octanol–water partition coefficient (Wildman–Crippen LogP) is 1.81. The summed E-state index contributed by atoms with van der Waals surface area (Å²) in [7, 11) is 0. The zero-order chi connectivity index (χ0) is 10.1. The minimum atomic E-state index is 0.730. The summed E-state index contributed by atoms with van der Waals surface area (Å²) in [6.07, 6.45) is 2.96. The fourth-order valence-electron chi connectivity index (χ4n) is 2.54. The highest BCUT2D eigenvalue weighted by Crippen LogP contribution is 2.35. The highest BCUT2D eigenvalue weighted by atomic mass is 15.3. The van der Waals surface area contributed by atoms with Crippen LogP contribution in [-0.4, -0.2) is 48.1 Å². The molecule has 2 rings (SSSR count). The third-order valence-electron chi connectivity index (χ3n) is 3.96. The van der Waals surface area contributed by atoms with Crippen molar-refractivity contribution in [3.63, 3.8) is 0 Å². The number of hydrogen-bond acceptors (Lipinski definition) is 2. The molecule has 1 saturated carbocycles. The van der Waals surface area contributed by atoms with E-state index in [1.807, 2.05) is 0 Å². The van der Waals surface area contributed by atoms with Crippen LogP contribution in [0.1, 0.15) is 33.6 Å². The van der Waals surface area contributed by atoms with Gasteiger partial charge in [-0.1, -0.05) is 0 Å². The second-order valence-electron chi connectivity index (χ2n) is 5.24. The van der Waals surface area contributed by atoms with Crippen molar-refractivity contribution >= 4 is 0 Å². The molecule has 1 aliphatic heterocycles. The van der Waals surface area contributed by atoms with Gasteiger partial charge >= 0.3 is 0 Å². The van der Waals surface area contributed by atoms with Gasteiger partial charge in [-0.25, -0.2) is 0 Å². The van der Waals surface area contributed by atoms with Crippen molar-refractivity contribution in [1.29, 1.82) is 0 Å². The Hall–Kier alpha value is -0.0800. The van der Waals surface area contributed by atoms with Crippen LogP contribution in [0.15, 0.2) is 0 Å². The molecule has 2 nitrogen and oxygen atoms in total. The van der Waals surface area contributed by atoms with Crippen LogP contribution in [-0.2, 0) is 0 Å². The van der Waals surface area contributed by atoms with Gasteiger partial charge in [0, 0.05) is 38.3 Å².